The van der Waals surface area contributed by atoms with Crippen LogP contribution in [-0.2, 0) is 12.8 Å². The van der Waals surface area contributed by atoms with E-state index < -0.39 is 0 Å². The maximum absolute atomic E-state index is 2.42. The van der Waals surface area contributed by atoms with Crippen LogP contribution in [-0.4, -0.2) is 0 Å². The van der Waals surface area contributed by atoms with Crippen molar-refractivity contribution in [3.8, 4) is 11.1 Å². The van der Waals surface area contributed by atoms with Gasteiger partial charge in [0.25, 0.3) is 0 Å². The summed E-state index contributed by atoms with van der Waals surface area (Å²) in [5, 5.41) is 0. The van der Waals surface area contributed by atoms with Crippen molar-refractivity contribution in [1.29, 1.82) is 0 Å². The van der Waals surface area contributed by atoms with Crippen LogP contribution >= 0.6 is 0 Å². The second-order valence-corrected chi connectivity index (χ2v) is 6.76. The molecule has 0 bridgehead atoms. The molecule has 0 unspecified atom stereocenters. The smallest absolute Gasteiger partial charge is 0.00517 e. The highest BCUT2D eigenvalue weighted by Crippen LogP contribution is 2.35. The quantitative estimate of drug-likeness (QED) is 0.526. The van der Waals surface area contributed by atoms with Crippen molar-refractivity contribution >= 4 is 6.08 Å². The van der Waals surface area contributed by atoms with Gasteiger partial charge in [-0.2, -0.15) is 0 Å². The van der Waals surface area contributed by atoms with E-state index in [9.17, 15) is 0 Å². The summed E-state index contributed by atoms with van der Waals surface area (Å²) in [6, 6.07) is 16.0. The van der Waals surface area contributed by atoms with Gasteiger partial charge in [-0.05, 0) is 59.9 Å². The summed E-state index contributed by atoms with van der Waals surface area (Å²) in [5.41, 5.74) is 8.82. The lowest BCUT2D eigenvalue weighted by Gasteiger charge is -2.10. The number of hydrogen-bond acceptors (Lipinski definition) is 0. The van der Waals surface area contributed by atoms with Gasteiger partial charge in [-0.3, -0.25) is 0 Å². The largest absolute Gasteiger partial charge is 0.0654 e. The molecule has 0 spiro atoms. The summed E-state index contributed by atoms with van der Waals surface area (Å²) in [6.45, 7) is 4.53. The molecule has 0 saturated carbocycles. The van der Waals surface area contributed by atoms with Crippen molar-refractivity contribution in [1.82, 2.24) is 0 Å². The van der Waals surface area contributed by atoms with Crippen molar-refractivity contribution in [2.24, 2.45) is 0 Å². The van der Waals surface area contributed by atoms with Crippen LogP contribution in [0.2, 0.25) is 0 Å². The lowest BCUT2D eigenvalue weighted by atomic mass is 9.94. The molecule has 0 atom stereocenters. The van der Waals surface area contributed by atoms with Gasteiger partial charge in [0.05, 0.1) is 0 Å². The standard InChI is InChI=1S/C23H28/c1-3-5-8-18-12-14-20(15-13-18)22-11-7-10-21-16-19(9-6-4-2)17-23(21)22/h7,10-16H,3-6,8-9,17H2,1-2H3. The van der Waals surface area contributed by atoms with Gasteiger partial charge in [-0.1, -0.05) is 80.8 Å². The topological polar surface area (TPSA) is 0 Å². The molecule has 3 rings (SSSR count). The fraction of sp³-hybridized carbons (Fsp3) is 0.391. The molecule has 0 heteroatoms. The third-order valence-corrected chi connectivity index (χ3v) is 4.91. The fourth-order valence-electron chi connectivity index (χ4n) is 3.50. The van der Waals surface area contributed by atoms with E-state index in [1.165, 1.54) is 66.3 Å². The average Bonchev–Trinajstić information content (AvgIpc) is 3.01. The lowest BCUT2D eigenvalue weighted by molar-refractivity contribution is 0.779. The van der Waals surface area contributed by atoms with Crippen LogP contribution in [0.1, 0.15) is 62.6 Å². The Hall–Kier alpha value is -1.82. The summed E-state index contributed by atoms with van der Waals surface area (Å²) in [6.07, 6.45) is 11.1. The van der Waals surface area contributed by atoms with Gasteiger partial charge >= 0.3 is 0 Å². The molecule has 2 aromatic rings. The van der Waals surface area contributed by atoms with E-state index in [0.717, 1.165) is 6.42 Å². The highest BCUT2D eigenvalue weighted by Gasteiger charge is 2.16. The van der Waals surface area contributed by atoms with E-state index in [4.69, 9.17) is 0 Å². The SMILES string of the molecule is CCCCC1=Cc2cccc(-c3ccc(CCCC)cc3)c2C1. The van der Waals surface area contributed by atoms with Crippen LogP contribution < -0.4 is 0 Å². The minimum absolute atomic E-state index is 1.14. The zero-order valence-corrected chi connectivity index (χ0v) is 14.6. The van der Waals surface area contributed by atoms with Crippen LogP contribution in [0.4, 0.5) is 0 Å². The van der Waals surface area contributed by atoms with Crippen molar-refractivity contribution in [2.75, 3.05) is 0 Å². The van der Waals surface area contributed by atoms with Crippen molar-refractivity contribution in [3.63, 3.8) is 0 Å². The Morgan fingerprint density at radius 1 is 0.826 bits per heavy atom. The Bertz CT molecular complexity index is 674. The van der Waals surface area contributed by atoms with E-state index in [1.54, 1.807) is 5.57 Å². The Labute approximate surface area is 141 Å². The Balaban J connectivity index is 1.80. The molecule has 23 heavy (non-hydrogen) atoms. The van der Waals surface area contributed by atoms with E-state index in [1.807, 2.05) is 0 Å². The second kappa shape index (κ2) is 7.64. The molecule has 0 aliphatic heterocycles. The molecule has 0 aromatic heterocycles. The lowest BCUT2D eigenvalue weighted by Crippen LogP contribution is -1.91. The highest BCUT2D eigenvalue weighted by molar-refractivity contribution is 5.77. The fourth-order valence-corrected chi connectivity index (χ4v) is 3.50. The Kier molecular flexibility index (Phi) is 5.33. The Morgan fingerprint density at radius 2 is 1.57 bits per heavy atom. The maximum Gasteiger partial charge on any atom is -0.00517 e. The number of hydrogen-bond donors (Lipinski definition) is 0. The zero-order valence-electron chi connectivity index (χ0n) is 14.6. The van der Waals surface area contributed by atoms with Crippen LogP contribution in [0.5, 0.6) is 0 Å². The number of rotatable bonds is 7. The molecule has 0 saturated heterocycles. The number of unbranched alkanes of at least 4 members (excludes halogenated alkanes) is 2. The normalized spacial score (nSPS) is 13.0. The van der Waals surface area contributed by atoms with E-state index in [0.29, 0.717) is 0 Å². The molecule has 0 fully saturated rings. The summed E-state index contributed by atoms with van der Waals surface area (Å²) in [5.74, 6) is 0. The summed E-state index contributed by atoms with van der Waals surface area (Å²) >= 11 is 0. The van der Waals surface area contributed by atoms with Crippen LogP contribution in [0.25, 0.3) is 17.2 Å². The van der Waals surface area contributed by atoms with Gasteiger partial charge in [-0.15, -0.1) is 0 Å². The first-order chi connectivity index (χ1) is 11.3. The van der Waals surface area contributed by atoms with Gasteiger partial charge in [0, 0.05) is 0 Å². The van der Waals surface area contributed by atoms with Crippen molar-refractivity contribution in [3.05, 3.63) is 64.7 Å². The molecule has 1 aliphatic rings. The molecule has 0 heterocycles. The van der Waals surface area contributed by atoms with E-state index >= 15 is 0 Å². The summed E-state index contributed by atoms with van der Waals surface area (Å²) < 4.78 is 0. The monoisotopic (exact) mass is 304 g/mol. The van der Waals surface area contributed by atoms with Gasteiger partial charge < -0.3 is 0 Å². The summed E-state index contributed by atoms with van der Waals surface area (Å²) in [7, 11) is 0. The molecular weight excluding hydrogens is 276 g/mol. The number of fused-ring (bicyclic) bond motifs is 1. The van der Waals surface area contributed by atoms with Gasteiger partial charge in [-0.25, -0.2) is 0 Å². The number of aryl methyl sites for hydroxylation is 1. The zero-order chi connectivity index (χ0) is 16.1. The third-order valence-electron chi connectivity index (χ3n) is 4.91. The second-order valence-electron chi connectivity index (χ2n) is 6.76. The minimum Gasteiger partial charge on any atom is -0.0654 e. The number of benzene rings is 2. The molecule has 0 nitrogen and oxygen atoms in total. The van der Waals surface area contributed by atoms with Crippen LogP contribution in [0, 0.1) is 0 Å². The van der Waals surface area contributed by atoms with Gasteiger partial charge in [0.2, 0.25) is 0 Å². The molecule has 0 N–H and O–H groups in total. The van der Waals surface area contributed by atoms with Gasteiger partial charge in [0.15, 0.2) is 0 Å². The van der Waals surface area contributed by atoms with E-state index in [-0.39, 0.29) is 0 Å². The molecule has 0 radical (unpaired) electrons. The molecule has 120 valence electrons. The third kappa shape index (κ3) is 3.75. The number of allylic oxidation sites excluding steroid dienone is 1. The minimum atomic E-state index is 1.14. The summed E-state index contributed by atoms with van der Waals surface area (Å²) in [4.78, 5) is 0. The average molecular weight is 304 g/mol. The van der Waals surface area contributed by atoms with Crippen molar-refractivity contribution in [2.45, 2.75) is 58.8 Å². The van der Waals surface area contributed by atoms with Crippen molar-refractivity contribution < 1.29 is 0 Å². The highest BCUT2D eigenvalue weighted by atomic mass is 14.2. The molecule has 1 aliphatic carbocycles. The first-order valence-corrected chi connectivity index (χ1v) is 9.22. The maximum atomic E-state index is 2.42. The van der Waals surface area contributed by atoms with Gasteiger partial charge in [0.1, 0.15) is 0 Å². The predicted octanol–water partition coefficient (Wildman–Crippen LogP) is 6.83. The molecular formula is C23H28. The molecule has 0 amide bonds. The molecule has 2 aromatic carbocycles. The predicted molar refractivity (Wildman–Crippen MR) is 102 cm³/mol. The Morgan fingerprint density at radius 3 is 2.30 bits per heavy atom. The first-order valence-electron chi connectivity index (χ1n) is 9.22. The van der Waals surface area contributed by atoms with Crippen LogP contribution in [0.15, 0.2) is 48.0 Å². The first kappa shape index (κ1) is 16.1. The van der Waals surface area contributed by atoms with Crippen LogP contribution in [0.3, 0.4) is 0 Å². The van der Waals surface area contributed by atoms with E-state index in [2.05, 4.69) is 62.4 Å².